The molecule has 0 N–H and O–H groups in total. The molecule has 0 radical (unpaired) electrons. The standard InChI is InChI=1S/C29H38O3/c1-31-28-17-9-7-15-24(28)26(21-11-3-4-12-21)19-23(30)20-27(22-13-5-6-14-22)25-16-8-10-18-29(25)32-2/h7-10,15-18,21-22,26-27H,3-6,11-14,19-20H2,1-2H3/t26-,27+. The molecule has 0 unspecified atom stereocenters. The predicted octanol–water partition coefficient (Wildman–Crippen LogP) is 7.30. The molecule has 4 rings (SSSR count). The topological polar surface area (TPSA) is 35.5 Å². The summed E-state index contributed by atoms with van der Waals surface area (Å²) in [4.78, 5) is 13.6. The summed E-state index contributed by atoms with van der Waals surface area (Å²) in [6, 6.07) is 16.6. The second kappa shape index (κ2) is 11.0. The van der Waals surface area contributed by atoms with Gasteiger partial charge >= 0.3 is 0 Å². The normalized spacial score (nSPS) is 19.1. The molecule has 2 aromatic rings. The number of hydrogen-bond donors (Lipinski definition) is 0. The summed E-state index contributed by atoms with van der Waals surface area (Å²) in [5.74, 6) is 3.89. The fourth-order valence-electron chi connectivity index (χ4n) is 6.30. The van der Waals surface area contributed by atoms with Crippen molar-refractivity contribution in [2.75, 3.05) is 14.2 Å². The fraction of sp³-hybridized carbons (Fsp3) is 0.552. The van der Waals surface area contributed by atoms with Gasteiger partial charge < -0.3 is 9.47 Å². The number of rotatable bonds is 10. The molecule has 3 heteroatoms. The third-order valence-electron chi connectivity index (χ3n) is 7.91. The van der Waals surface area contributed by atoms with Crippen molar-refractivity contribution in [1.82, 2.24) is 0 Å². The smallest absolute Gasteiger partial charge is 0.134 e. The minimum Gasteiger partial charge on any atom is -0.496 e. The van der Waals surface area contributed by atoms with E-state index in [0.717, 1.165) is 11.5 Å². The van der Waals surface area contributed by atoms with Crippen LogP contribution in [0.3, 0.4) is 0 Å². The molecule has 2 fully saturated rings. The molecule has 0 bridgehead atoms. The maximum Gasteiger partial charge on any atom is 0.134 e. The number of Topliss-reactive ketones (excluding diaryl/α,β-unsaturated/α-hetero) is 1. The average Bonchev–Trinajstić information content (AvgIpc) is 3.56. The van der Waals surface area contributed by atoms with Crippen molar-refractivity contribution in [2.45, 2.75) is 76.0 Å². The van der Waals surface area contributed by atoms with Crippen LogP contribution in [0.25, 0.3) is 0 Å². The monoisotopic (exact) mass is 434 g/mol. The first-order valence-electron chi connectivity index (χ1n) is 12.5. The quantitative estimate of drug-likeness (QED) is 0.393. The van der Waals surface area contributed by atoms with Gasteiger partial charge in [0.2, 0.25) is 0 Å². The van der Waals surface area contributed by atoms with Crippen LogP contribution in [0, 0.1) is 11.8 Å². The van der Waals surface area contributed by atoms with Gasteiger partial charge in [0.1, 0.15) is 17.3 Å². The molecule has 0 heterocycles. The molecular weight excluding hydrogens is 396 g/mol. The van der Waals surface area contributed by atoms with Crippen molar-refractivity contribution in [3.8, 4) is 11.5 Å². The van der Waals surface area contributed by atoms with E-state index in [4.69, 9.17) is 9.47 Å². The highest BCUT2D eigenvalue weighted by Gasteiger charge is 2.34. The molecule has 0 spiro atoms. The Bertz CT molecular complexity index is 806. The molecule has 2 aliphatic carbocycles. The fourth-order valence-corrected chi connectivity index (χ4v) is 6.30. The second-order valence-electron chi connectivity index (χ2n) is 9.73. The minimum atomic E-state index is 0.253. The number of carbonyl (C=O) groups excluding carboxylic acids is 1. The minimum absolute atomic E-state index is 0.253. The second-order valence-corrected chi connectivity index (χ2v) is 9.73. The molecule has 2 aromatic carbocycles. The van der Waals surface area contributed by atoms with Gasteiger partial charge in [-0.1, -0.05) is 62.1 Å². The van der Waals surface area contributed by atoms with Gasteiger partial charge in [-0.25, -0.2) is 0 Å². The van der Waals surface area contributed by atoms with Crippen LogP contribution in [-0.2, 0) is 4.79 Å². The molecule has 0 saturated heterocycles. The lowest BCUT2D eigenvalue weighted by atomic mass is 9.76. The number of ether oxygens (including phenoxy) is 2. The summed E-state index contributed by atoms with van der Waals surface area (Å²) in [5.41, 5.74) is 2.43. The third-order valence-corrected chi connectivity index (χ3v) is 7.91. The zero-order valence-electron chi connectivity index (χ0n) is 19.7. The molecule has 2 aliphatic rings. The summed E-state index contributed by atoms with van der Waals surface area (Å²) < 4.78 is 11.4. The van der Waals surface area contributed by atoms with E-state index in [1.165, 1.54) is 62.5 Å². The van der Waals surface area contributed by atoms with E-state index >= 15 is 0 Å². The van der Waals surface area contributed by atoms with E-state index < -0.39 is 0 Å². The first-order valence-corrected chi connectivity index (χ1v) is 12.5. The van der Waals surface area contributed by atoms with E-state index in [1.807, 2.05) is 24.3 Å². The van der Waals surface area contributed by atoms with Crippen LogP contribution in [0.5, 0.6) is 11.5 Å². The maximum atomic E-state index is 13.6. The van der Waals surface area contributed by atoms with Gasteiger partial charge in [0, 0.05) is 12.8 Å². The molecule has 32 heavy (non-hydrogen) atoms. The van der Waals surface area contributed by atoms with Crippen molar-refractivity contribution in [2.24, 2.45) is 11.8 Å². The lowest BCUT2D eigenvalue weighted by molar-refractivity contribution is -0.120. The Labute approximate surface area is 193 Å². The number of para-hydroxylation sites is 2. The Balaban J connectivity index is 1.57. The molecule has 2 atom stereocenters. The summed E-state index contributed by atoms with van der Waals surface area (Å²) in [6.07, 6.45) is 11.2. The average molecular weight is 435 g/mol. The summed E-state index contributed by atoms with van der Waals surface area (Å²) in [6.45, 7) is 0. The summed E-state index contributed by atoms with van der Waals surface area (Å²) in [7, 11) is 3.48. The highest BCUT2D eigenvalue weighted by Crippen LogP contribution is 2.45. The van der Waals surface area contributed by atoms with Gasteiger partial charge in [-0.15, -0.1) is 0 Å². The first kappa shape index (κ1) is 22.9. The Morgan fingerprint density at radius 3 is 1.47 bits per heavy atom. The van der Waals surface area contributed by atoms with E-state index in [1.54, 1.807) is 14.2 Å². The summed E-state index contributed by atoms with van der Waals surface area (Å²) in [5, 5.41) is 0. The van der Waals surface area contributed by atoms with Gasteiger partial charge in [0.25, 0.3) is 0 Å². The third kappa shape index (κ3) is 5.19. The number of benzene rings is 2. The molecule has 3 nitrogen and oxygen atoms in total. The van der Waals surface area contributed by atoms with Crippen molar-refractivity contribution >= 4 is 5.78 Å². The lowest BCUT2D eigenvalue weighted by Crippen LogP contribution is -2.20. The zero-order chi connectivity index (χ0) is 22.3. The van der Waals surface area contributed by atoms with Gasteiger partial charge in [0.05, 0.1) is 14.2 Å². The van der Waals surface area contributed by atoms with Crippen LogP contribution < -0.4 is 9.47 Å². The van der Waals surface area contributed by atoms with E-state index in [0.29, 0.717) is 30.5 Å². The Morgan fingerprint density at radius 1 is 0.719 bits per heavy atom. The van der Waals surface area contributed by atoms with E-state index in [9.17, 15) is 4.79 Å². The predicted molar refractivity (Wildman–Crippen MR) is 130 cm³/mol. The molecule has 0 amide bonds. The van der Waals surface area contributed by atoms with Crippen molar-refractivity contribution in [3.05, 3.63) is 59.7 Å². The number of methoxy groups -OCH3 is 2. The molecule has 2 saturated carbocycles. The van der Waals surface area contributed by atoms with Crippen LogP contribution in [-0.4, -0.2) is 20.0 Å². The zero-order valence-corrected chi connectivity index (χ0v) is 19.7. The van der Waals surface area contributed by atoms with Gasteiger partial charge in [0.15, 0.2) is 0 Å². The highest BCUT2D eigenvalue weighted by molar-refractivity contribution is 5.80. The van der Waals surface area contributed by atoms with Crippen molar-refractivity contribution < 1.29 is 14.3 Å². The van der Waals surface area contributed by atoms with E-state index in [2.05, 4.69) is 24.3 Å². The number of carbonyl (C=O) groups is 1. The SMILES string of the molecule is COc1ccccc1[C@@H](CC(=O)C[C@@H](c1ccccc1OC)C1CCCC1)C1CCCC1. The van der Waals surface area contributed by atoms with Crippen LogP contribution >= 0.6 is 0 Å². The number of ketones is 1. The Hall–Kier alpha value is -2.29. The molecular formula is C29H38O3. The van der Waals surface area contributed by atoms with Gasteiger partial charge in [-0.2, -0.15) is 0 Å². The van der Waals surface area contributed by atoms with Crippen LogP contribution in [0.2, 0.25) is 0 Å². The highest BCUT2D eigenvalue weighted by atomic mass is 16.5. The van der Waals surface area contributed by atoms with Crippen LogP contribution in [0.1, 0.15) is 87.2 Å². The van der Waals surface area contributed by atoms with E-state index in [-0.39, 0.29) is 11.8 Å². The van der Waals surface area contributed by atoms with Gasteiger partial charge in [-0.05, 0) is 72.6 Å². The van der Waals surface area contributed by atoms with Crippen molar-refractivity contribution in [3.63, 3.8) is 0 Å². The van der Waals surface area contributed by atoms with Crippen LogP contribution in [0.4, 0.5) is 0 Å². The molecule has 0 aromatic heterocycles. The lowest BCUT2D eigenvalue weighted by Gasteiger charge is -2.28. The Morgan fingerprint density at radius 2 is 1.09 bits per heavy atom. The first-order chi connectivity index (χ1) is 15.7. The molecule has 172 valence electrons. The largest absolute Gasteiger partial charge is 0.496 e. The summed E-state index contributed by atoms with van der Waals surface area (Å²) >= 11 is 0. The van der Waals surface area contributed by atoms with Crippen molar-refractivity contribution in [1.29, 1.82) is 0 Å². The van der Waals surface area contributed by atoms with Crippen LogP contribution in [0.15, 0.2) is 48.5 Å². The Kier molecular flexibility index (Phi) is 7.89. The van der Waals surface area contributed by atoms with Gasteiger partial charge in [-0.3, -0.25) is 4.79 Å². The maximum absolute atomic E-state index is 13.6. The molecule has 0 aliphatic heterocycles. The number of hydrogen-bond acceptors (Lipinski definition) is 3.